The van der Waals surface area contributed by atoms with Crippen molar-refractivity contribution in [3.8, 4) is 0 Å². The molecule has 3 N–H and O–H groups in total. The molecule has 158 valence electrons. The first-order valence-corrected chi connectivity index (χ1v) is 10.7. The Morgan fingerprint density at radius 1 is 1.16 bits per heavy atom. The summed E-state index contributed by atoms with van der Waals surface area (Å²) in [6.45, 7) is 1.64. The Morgan fingerprint density at radius 2 is 1.90 bits per heavy atom. The molecular formula is C23H22ClN5O2. The van der Waals surface area contributed by atoms with Gasteiger partial charge < -0.3 is 20.4 Å². The van der Waals surface area contributed by atoms with Crippen LogP contribution < -0.4 is 11.1 Å². The fraction of sp³-hybridized carbons (Fsp3) is 0.261. The van der Waals surface area contributed by atoms with E-state index in [9.17, 15) is 4.79 Å². The summed E-state index contributed by atoms with van der Waals surface area (Å²) in [4.78, 5) is 22.7. The van der Waals surface area contributed by atoms with Crippen LogP contribution in [0.25, 0.3) is 22.2 Å². The number of aromatic nitrogens is 3. The van der Waals surface area contributed by atoms with Crippen LogP contribution in [0, 0.1) is 0 Å². The second-order valence-electron chi connectivity index (χ2n) is 7.70. The molecule has 5 rings (SSSR count). The number of para-hydroxylation sites is 2. The van der Waals surface area contributed by atoms with Crippen LogP contribution >= 0.6 is 11.6 Å². The molecule has 0 unspecified atom stereocenters. The maximum absolute atomic E-state index is 13.2. The van der Waals surface area contributed by atoms with Gasteiger partial charge in [-0.25, -0.2) is 9.97 Å². The van der Waals surface area contributed by atoms with Crippen LogP contribution in [0.3, 0.4) is 0 Å². The molecule has 0 aliphatic carbocycles. The highest BCUT2D eigenvalue weighted by Crippen LogP contribution is 2.29. The number of nitrogens with two attached hydrogens (primary N) is 1. The Balaban J connectivity index is 1.55. The van der Waals surface area contributed by atoms with E-state index in [1.807, 2.05) is 41.0 Å². The topological polar surface area (TPSA) is 95.1 Å². The van der Waals surface area contributed by atoms with E-state index < -0.39 is 0 Å². The number of hydrogen-bond acceptors (Lipinski definition) is 5. The van der Waals surface area contributed by atoms with Gasteiger partial charge in [0, 0.05) is 18.2 Å². The van der Waals surface area contributed by atoms with Crippen molar-refractivity contribution in [1.29, 1.82) is 0 Å². The fourth-order valence-corrected chi connectivity index (χ4v) is 4.12. The molecule has 3 heterocycles. The standard InChI is InChI=1S/C23H22ClN5O2/c24-15-9-7-14(8-10-15)12-26-23(30)19-20-22(28-18-6-2-1-5-17(18)27-20)29(21(19)25)13-16-4-3-11-31-16/h1-2,5-10,16H,3-4,11-13,25H2,(H,26,30)/t16-/m0/s1. The van der Waals surface area contributed by atoms with Crippen LogP contribution in [0.1, 0.15) is 28.8 Å². The number of amides is 1. The van der Waals surface area contributed by atoms with Gasteiger partial charge in [-0.1, -0.05) is 35.9 Å². The highest BCUT2D eigenvalue weighted by atomic mass is 35.5. The summed E-state index contributed by atoms with van der Waals surface area (Å²) in [5, 5.41) is 3.60. The predicted molar refractivity (Wildman–Crippen MR) is 121 cm³/mol. The van der Waals surface area contributed by atoms with Gasteiger partial charge in [0.2, 0.25) is 0 Å². The molecule has 1 amide bonds. The lowest BCUT2D eigenvalue weighted by Crippen LogP contribution is -2.24. The van der Waals surface area contributed by atoms with E-state index in [2.05, 4.69) is 5.32 Å². The zero-order valence-corrected chi connectivity index (χ0v) is 17.6. The molecule has 0 spiro atoms. The molecule has 1 saturated heterocycles. The third-order valence-electron chi connectivity index (χ3n) is 5.60. The Kier molecular flexibility index (Phi) is 5.21. The predicted octanol–water partition coefficient (Wildman–Crippen LogP) is 3.93. The molecule has 8 heteroatoms. The number of anilines is 1. The van der Waals surface area contributed by atoms with Crippen molar-refractivity contribution in [2.75, 3.05) is 12.3 Å². The first-order chi connectivity index (χ1) is 15.1. The number of hydrogen-bond donors (Lipinski definition) is 2. The van der Waals surface area contributed by atoms with Crippen LogP contribution in [0.4, 0.5) is 5.82 Å². The van der Waals surface area contributed by atoms with Crippen LogP contribution in [0.2, 0.25) is 5.02 Å². The molecule has 1 fully saturated rings. The molecular weight excluding hydrogens is 414 g/mol. The van der Waals surface area contributed by atoms with Gasteiger partial charge in [0.15, 0.2) is 5.65 Å². The summed E-state index contributed by atoms with van der Waals surface area (Å²) < 4.78 is 7.66. The summed E-state index contributed by atoms with van der Waals surface area (Å²) in [5.74, 6) is 0.0718. The lowest BCUT2D eigenvalue weighted by atomic mass is 10.2. The molecule has 7 nitrogen and oxygen atoms in total. The first kappa shape index (κ1) is 19.8. The van der Waals surface area contributed by atoms with E-state index in [1.165, 1.54) is 0 Å². The van der Waals surface area contributed by atoms with Crippen molar-refractivity contribution in [3.05, 3.63) is 64.7 Å². The minimum atomic E-state index is -0.284. The Hall–Kier alpha value is -3.16. The molecule has 1 atom stereocenters. The molecule has 31 heavy (non-hydrogen) atoms. The number of carbonyl (C=O) groups is 1. The van der Waals surface area contributed by atoms with Crippen molar-refractivity contribution < 1.29 is 9.53 Å². The number of carbonyl (C=O) groups excluding carboxylic acids is 1. The SMILES string of the molecule is Nc1c(C(=O)NCc2ccc(Cl)cc2)c2nc3ccccc3nc2n1C[C@@H]1CCCO1. The minimum absolute atomic E-state index is 0.0520. The summed E-state index contributed by atoms with van der Waals surface area (Å²) in [6, 6.07) is 14.9. The minimum Gasteiger partial charge on any atom is -0.384 e. The van der Waals surface area contributed by atoms with Gasteiger partial charge in [0.1, 0.15) is 16.9 Å². The third kappa shape index (κ3) is 3.82. The number of nitrogens with zero attached hydrogens (tertiary/aromatic N) is 3. The Bertz CT molecular complexity index is 1260. The van der Waals surface area contributed by atoms with Crippen LogP contribution in [0.15, 0.2) is 48.5 Å². The van der Waals surface area contributed by atoms with E-state index in [0.717, 1.165) is 36.0 Å². The van der Waals surface area contributed by atoms with Crippen molar-refractivity contribution >= 4 is 45.5 Å². The maximum Gasteiger partial charge on any atom is 0.257 e. The van der Waals surface area contributed by atoms with Crippen molar-refractivity contribution in [3.63, 3.8) is 0 Å². The largest absolute Gasteiger partial charge is 0.384 e. The Morgan fingerprint density at radius 3 is 2.61 bits per heavy atom. The third-order valence-corrected chi connectivity index (χ3v) is 5.85. The molecule has 1 aliphatic rings. The maximum atomic E-state index is 13.2. The number of fused-ring (bicyclic) bond motifs is 2. The van der Waals surface area contributed by atoms with E-state index in [-0.39, 0.29) is 12.0 Å². The Labute approximate surface area is 184 Å². The van der Waals surface area contributed by atoms with Gasteiger partial charge in [0.25, 0.3) is 5.91 Å². The second kappa shape index (κ2) is 8.17. The second-order valence-corrected chi connectivity index (χ2v) is 8.14. The quantitative estimate of drug-likeness (QED) is 0.495. The summed E-state index contributed by atoms with van der Waals surface area (Å²) >= 11 is 5.94. The molecule has 2 aromatic heterocycles. The summed E-state index contributed by atoms with van der Waals surface area (Å²) in [5.41, 5.74) is 10.4. The van der Waals surface area contributed by atoms with Crippen molar-refractivity contribution in [2.24, 2.45) is 0 Å². The van der Waals surface area contributed by atoms with Gasteiger partial charge in [0.05, 0.1) is 23.7 Å². The van der Waals surface area contributed by atoms with Crippen LogP contribution in [-0.2, 0) is 17.8 Å². The molecule has 0 radical (unpaired) electrons. The highest BCUT2D eigenvalue weighted by molar-refractivity contribution is 6.30. The zero-order chi connectivity index (χ0) is 21.4. The van der Waals surface area contributed by atoms with Gasteiger partial charge in [-0.15, -0.1) is 0 Å². The number of halogens is 1. The van der Waals surface area contributed by atoms with Gasteiger partial charge in [-0.05, 0) is 42.7 Å². The fourth-order valence-electron chi connectivity index (χ4n) is 3.99. The lowest BCUT2D eigenvalue weighted by Gasteiger charge is -2.13. The average Bonchev–Trinajstić information content (AvgIpc) is 3.38. The molecule has 0 bridgehead atoms. The molecule has 0 saturated carbocycles. The molecule has 1 aliphatic heterocycles. The zero-order valence-electron chi connectivity index (χ0n) is 16.8. The smallest absolute Gasteiger partial charge is 0.257 e. The number of nitrogen functional groups attached to an aromatic ring is 1. The van der Waals surface area contributed by atoms with Crippen molar-refractivity contribution in [2.45, 2.75) is 32.0 Å². The van der Waals surface area contributed by atoms with E-state index in [1.54, 1.807) is 12.1 Å². The first-order valence-electron chi connectivity index (χ1n) is 10.3. The lowest BCUT2D eigenvalue weighted by molar-refractivity contribution is 0.0947. The molecule has 2 aromatic carbocycles. The van der Waals surface area contributed by atoms with E-state index in [4.69, 9.17) is 32.0 Å². The summed E-state index contributed by atoms with van der Waals surface area (Å²) in [6.07, 6.45) is 2.03. The van der Waals surface area contributed by atoms with E-state index in [0.29, 0.717) is 40.7 Å². The monoisotopic (exact) mass is 435 g/mol. The van der Waals surface area contributed by atoms with Gasteiger partial charge in [-0.2, -0.15) is 0 Å². The van der Waals surface area contributed by atoms with Gasteiger partial charge >= 0.3 is 0 Å². The highest BCUT2D eigenvalue weighted by Gasteiger charge is 2.26. The average molecular weight is 436 g/mol. The van der Waals surface area contributed by atoms with Crippen LogP contribution in [-0.4, -0.2) is 33.2 Å². The summed E-state index contributed by atoms with van der Waals surface area (Å²) in [7, 11) is 0. The molecule has 4 aromatic rings. The number of rotatable bonds is 5. The van der Waals surface area contributed by atoms with Crippen molar-refractivity contribution in [1.82, 2.24) is 19.9 Å². The number of benzene rings is 2. The van der Waals surface area contributed by atoms with Crippen LogP contribution in [0.5, 0.6) is 0 Å². The van der Waals surface area contributed by atoms with Gasteiger partial charge in [-0.3, -0.25) is 4.79 Å². The normalized spacial score (nSPS) is 16.2. The van der Waals surface area contributed by atoms with E-state index >= 15 is 0 Å². The number of nitrogens with one attached hydrogen (secondary N) is 1. The number of ether oxygens (including phenoxy) is 1.